The molecule has 2 rings (SSSR count). The lowest BCUT2D eigenvalue weighted by atomic mass is 10.3. The Morgan fingerprint density at radius 2 is 2.06 bits per heavy atom. The first-order chi connectivity index (χ1) is 8.65. The molecule has 0 aliphatic heterocycles. The second kappa shape index (κ2) is 6.14. The third-order valence-electron chi connectivity index (χ3n) is 2.02. The number of benzene rings is 1. The molecule has 0 atom stereocenters. The van der Waals surface area contributed by atoms with E-state index in [0.29, 0.717) is 0 Å². The van der Waals surface area contributed by atoms with Gasteiger partial charge in [-0.2, -0.15) is 0 Å². The molecular weight excluding hydrogens is 361 g/mol. The Morgan fingerprint density at radius 3 is 2.67 bits per heavy atom. The van der Waals surface area contributed by atoms with Crippen molar-refractivity contribution in [1.82, 2.24) is 9.97 Å². The molecule has 0 aliphatic rings. The van der Waals surface area contributed by atoms with Gasteiger partial charge in [0.15, 0.2) is 0 Å². The number of hydrogen-bond donors (Lipinski definition) is 1. The highest BCUT2D eigenvalue weighted by Gasteiger charge is 2.04. The van der Waals surface area contributed by atoms with Crippen LogP contribution in [0.1, 0.15) is 6.92 Å². The molecule has 0 fully saturated rings. The molecular formula is C12H10IN3OS. The molecule has 1 aromatic carbocycles. The fraction of sp³-hybridized carbons (Fsp3) is 0.0833. The van der Waals surface area contributed by atoms with E-state index in [1.165, 1.54) is 13.3 Å². The third kappa shape index (κ3) is 3.67. The topological polar surface area (TPSA) is 54.9 Å². The van der Waals surface area contributed by atoms with Crippen LogP contribution < -0.4 is 5.32 Å². The number of rotatable bonds is 3. The van der Waals surface area contributed by atoms with Gasteiger partial charge in [-0.3, -0.25) is 4.79 Å². The van der Waals surface area contributed by atoms with Crippen molar-refractivity contribution in [3.8, 4) is 0 Å². The van der Waals surface area contributed by atoms with Crippen LogP contribution in [-0.2, 0) is 4.79 Å². The zero-order valence-corrected chi connectivity index (χ0v) is 12.5. The van der Waals surface area contributed by atoms with E-state index in [2.05, 4.69) is 37.9 Å². The number of halogens is 1. The number of nitrogens with zero attached hydrogens (tertiary/aromatic N) is 2. The summed E-state index contributed by atoms with van der Waals surface area (Å²) in [6, 6.07) is 7.65. The second-order valence-electron chi connectivity index (χ2n) is 3.48. The summed E-state index contributed by atoms with van der Waals surface area (Å²) in [7, 11) is 0. The van der Waals surface area contributed by atoms with E-state index in [1.54, 1.807) is 18.0 Å². The molecule has 92 valence electrons. The van der Waals surface area contributed by atoms with Gasteiger partial charge in [0, 0.05) is 23.7 Å². The van der Waals surface area contributed by atoms with Crippen LogP contribution in [0.2, 0.25) is 0 Å². The van der Waals surface area contributed by atoms with E-state index >= 15 is 0 Å². The van der Waals surface area contributed by atoms with Crippen LogP contribution in [0.15, 0.2) is 46.7 Å². The number of aromatic nitrogens is 2. The summed E-state index contributed by atoms with van der Waals surface area (Å²) in [5, 5.41) is 3.66. The van der Waals surface area contributed by atoms with Crippen molar-refractivity contribution in [3.05, 3.63) is 40.4 Å². The maximum Gasteiger partial charge on any atom is 0.221 e. The van der Waals surface area contributed by atoms with Gasteiger partial charge in [0.05, 0.1) is 3.57 Å². The van der Waals surface area contributed by atoms with Crippen molar-refractivity contribution in [2.45, 2.75) is 16.8 Å². The van der Waals surface area contributed by atoms with Gasteiger partial charge in [-0.05, 0) is 46.9 Å². The van der Waals surface area contributed by atoms with Gasteiger partial charge >= 0.3 is 0 Å². The van der Waals surface area contributed by atoms with Crippen LogP contribution in [0.3, 0.4) is 0 Å². The summed E-state index contributed by atoms with van der Waals surface area (Å²) in [5.74, 6) is -0.0687. The summed E-state index contributed by atoms with van der Waals surface area (Å²) >= 11 is 3.78. The van der Waals surface area contributed by atoms with Crippen LogP contribution in [0.25, 0.3) is 0 Å². The Morgan fingerprint density at radius 1 is 1.33 bits per heavy atom. The van der Waals surface area contributed by atoms with Crippen molar-refractivity contribution >= 4 is 45.9 Å². The predicted octanol–water partition coefficient (Wildman–Crippen LogP) is 3.19. The SMILES string of the molecule is CC(=O)Nc1ccc(Sc2ncncc2I)cc1. The molecule has 6 heteroatoms. The van der Waals surface area contributed by atoms with Crippen LogP contribution in [0.5, 0.6) is 0 Å². The molecule has 0 unspecified atom stereocenters. The molecule has 1 amide bonds. The zero-order chi connectivity index (χ0) is 13.0. The van der Waals surface area contributed by atoms with E-state index in [9.17, 15) is 4.79 Å². The first-order valence-electron chi connectivity index (χ1n) is 5.16. The Kier molecular flexibility index (Phi) is 4.54. The van der Waals surface area contributed by atoms with Gasteiger partial charge in [-0.25, -0.2) is 9.97 Å². The summed E-state index contributed by atoms with van der Waals surface area (Å²) in [6.07, 6.45) is 3.32. The monoisotopic (exact) mass is 371 g/mol. The molecule has 0 bridgehead atoms. The highest BCUT2D eigenvalue weighted by atomic mass is 127. The fourth-order valence-electron chi connectivity index (χ4n) is 1.30. The van der Waals surface area contributed by atoms with Crippen molar-refractivity contribution < 1.29 is 4.79 Å². The second-order valence-corrected chi connectivity index (χ2v) is 5.71. The summed E-state index contributed by atoms with van der Waals surface area (Å²) in [6.45, 7) is 1.49. The van der Waals surface area contributed by atoms with E-state index in [0.717, 1.165) is 19.2 Å². The summed E-state index contributed by atoms with van der Waals surface area (Å²) < 4.78 is 1.02. The first-order valence-corrected chi connectivity index (χ1v) is 7.05. The number of carbonyl (C=O) groups is 1. The van der Waals surface area contributed by atoms with E-state index < -0.39 is 0 Å². The van der Waals surface area contributed by atoms with Crippen LogP contribution >= 0.6 is 34.4 Å². The van der Waals surface area contributed by atoms with E-state index in [1.807, 2.05) is 24.3 Å². The van der Waals surface area contributed by atoms with Gasteiger partial charge in [-0.1, -0.05) is 11.8 Å². The Bertz CT molecular complexity index is 560. The maximum atomic E-state index is 10.9. The first kappa shape index (κ1) is 13.3. The Hall–Kier alpha value is -1.15. The molecule has 1 N–H and O–H groups in total. The smallest absolute Gasteiger partial charge is 0.221 e. The molecule has 0 aliphatic carbocycles. The van der Waals surface area contributed by atoms with Gasteiger partial charge in [0.1, 0.15) is 11.4 Å². The molecule has 0 saturated heterocycles. The minimum Gasteiger partial charge on any atom is -0.326 e. The van der Waals surface area contributed by atoms with Crippen molar-refractivity contribution in [1.29, 1.82) is 0 Å². The quantitative estimate of drug-likeness (QED) is 0.665. The average molecular weight is 371 g/mol. The number of hydrogen-bond acceptors (Lipinski definition) is 4. The third-order valence-corrected chi connectivity index (χ3v) is 4.21. The lowest BCUT2D eigenvalue weighted by molar-refractivity contribution is -0.114. The van der Waals surface area contributed by atoms with Crippen molar-refractivity contribution in [2.24, 2.45) is 0 Å². The molecule has 1 heterocycles. The van der Waals surface area contributed by atoms with Gasteiger partial charge in [-0.15, -0.1) is 0 Å². The van der Waals surface area contributed by atoms with Crippen LogP contribution in [-0.4, -0.2) is 15.9 Å². The van der Waals surface area contributed by atoms with Crippen LogP contribution in [0.4, 0.5) is 5.69 Å². The molecule has 0 spiro atoms. The average Bonchev–Trinajstić information content (AvgIpc) is 2.34. The number of amides is 1. The van der Waals surface area contributed by atoms with Crippen LogP contribution in [0, 0.1) is 3.57 Å². The maximum absolute atomic E-state index is 10.9. The van der Waals surface area contributed by atoms with Crippen molar-refractivity contribution in [2.75, 3.05) is 5.32 Å². The standard InChI is InChI=1S/C12H10IN3OS/c1-8(17)16-9-2-4-10(5-3-9)18-12-11(13)6-14-7-15-12/h2-7H,1H3,(H,16,17). The van der Waals surface area contributed by atoms with E-state index in [4.69, 9.17) is 0 Å². The predicted molar refractivity (Wildman–Crippen MR) is 79.6 cm³/mol. The Labute approximate surface area is 123 Å². The lowest BCUT2D eigenvalue weighted by Crippen LogP contribution is -2.05. The van der Waals surface area contributed by atoms with Gasteiger partial charge in [0.2, 0.25) is 5.91 Å². The highest BCUT2D eigenvalue weighted by Crippen LogP contribution is 2.29. The summed E-state index contributed by atoms with van der Waals surface area (Å²) in [5.41, 5.74) is 0.796. The zero-order valence-electron chi connectivity index (χ0n) is 9.55. The number of carbonyl (C=O) groups excluding carboxylic acids is 1. The fourth-order valence-corrected chi connectivity index (χ4v) is 2.67. The van der Waals surface area contributed by atoms with E-state index in [-0.39, 0.29) is 5.91 Å². The number of anilines is 1. The molecule has 0 radical (unpaired) electrons. The highest BCUT2D eigenvalue weighted by molar-refractivity contribution is 14.1. The molecule has 4 nitrogen and oxygen atoms in total. The largest absolute Gasteiger partial charge is 0.326 e. The van der Waals surface area contributed by atoms with Gasteiger partial charge in [0.25, 0.3) is 0 Å². The molecule has 0 saturated carbocycles. The minimum atomic E-state index is -0.0687. The molecule has 1 aromatic heterocycles. The molecule has 2 aromatic rings. The molecule has 18 heavy (non-hydrogen) atoms. The minimum absolute atomic E-state index is 0.0687. The summed E-state index contributed by atoms with van der Waals surface area (Å²) in [4.78, 5) is 20.1. The normalized spacial score (nSPS) is 10.1. The van der Waals surface area contributed by atoms with Gasteiger partial charge < -0.3 is 5.32 Å². The lowest BCUT2D eigenvalue weighted by Gasteiger charge is -2.05. The number of nitrogens with one attached hydrogen (secondary N) is 1. The Balaban J connectivity index is 2.11. The van der Waals surface area contributed by atoms with Crippen molar-refractivity contribution in [3.63, 3.8) is 0 Å².